The summed E-state index contributed by atoms with van der Waals surface area (Å²) in [5, 5.41) is 0. The van der Waals surface area contributed by atoms with Gasteiger partial charge in [0.15, 0.2) is 0 Å². The van der Waals surface area contributed by atoms with Crippen molar-refractivity contribution in [3.8, 4) is 22.3 Å². The molecule has 0 amide bonds. The summed E-state index contributed by atoms with van der Waals surface area (Å²) >= 11 is 0. The van der Waals surface area contributed by atoms with E-state index in [2.05, 4.69) is 136 Å². The van der Waals surface area contributed by atoms with Gasteiger partial charge in [0.2, 0.25) is 0 Å². The molecule has 6 rings (SSSR count). The van der Waals surface area contributed by atoms with E-state index in [1.807, 2.05) is 0 Å². The van der Waals surface area contributed by atoms with Crippen LogP contribution in [0.1, 0.15) is 47.2 Å². The summed E-state index contributed by atoms with van der Waals surface area (Å²) in [4.78, 5) is 0. The third-order valence-corrected chi connectivity index (χ3v) is 12.7. The topological polar surface area (TPSA) is 0 Å². The first-order chi connectivity index (χ1) is 17.0. The normalized spacial score (nSPS) is 18.1. The molecular formula is C34H32SiZr. The van der Waals surface area contributed by atoms with E-state index in [-0.39, 0.29) is 26.2 Å². The Kier molecular flexibility index (Phi) is 6.79. The Hall–Kier alpha value is -2.54. The number of hydrogen-bond acceptors (Lipinski definition) is 0. The minimum Gasteiger partial charge on any atom is -0.0679 e. The van der Waals surface area contributed by atoms with Crippen LogP contribution in [0.15, 0.2) is 108 Å². The second-order valence-corrected chi connectivity index (χ2v) is 15.6. The van der Waals surface area contributed by atoms with Crippen molar-refractivity contribution in [3.05, 3.63) is 130 Å². The van der Waals surface area contributed by atoms with Gasteiger partial charge in [0.1, 0.15) is 0 Å². The number of rotatable bonds is 4. The van der Waals surface area contributed by atoms with Gasteiger partial charge >= 0.3 is 0 Å². The smallest absolute Gasteiger partial charge is 0.0679 e. The van der Waals surface area contributed by atoms with Crippen LogP contribution < -0.4 is 0 Å². The monoisotopic (exact) mass is 558 g/mol. The molecule has 0 fully saturated rings. The van der Waals surface area contributed by atoms with Gasteiger partial charge in [-0.05, 0) is 58.4 Å². The van der Waals surface area contributed by atoms with Gasteiger partial charge in [0.05, 0.1) is 8.07 Å². The van der Waals surface area contributed by atoms with Crippen LogP contribution in [0.25, 0.3) is 34.4 Å². The predicted octanol–water partition coefficient (Wildman–Crippen LogP) is 9.51. The average Bonchev–Trinajstić information content (AvgIpc) is 3.41. The molecule has 0 heterocycles. The van der Waals surface area contributed by atoms with Crippen LogP contribution in [-0.4, -0.2) is 8.07 Å². The molecule has 2 unspecified atom stereocenters. The van der Waals surface area contributed by atoms with Crippen molar-refractivity contribution in [2.24, 2.45) is 0 Å². The minimum atomic E-state index is -1.85. The fourth-order valence-corrected chi connectivity index (χ4v) is 11.9. The molecule has 0 nitrogen and oxygen atoms in total. The maximum absolute atomic E-state index is 2.62. The molecule has 0 bridgehead atoms. The zero-order valence-electron chi connectivity index (χ0n) is 21.5. The molecule has 0 spiro atoms. The van der Waals surface area contributed by atoms with E-state index >= 15 is 0 Å². The molecule has 0 radical (unpaired) electrons. The molecule has 4 aromatic carbocycles. The van der Waals surface area contributed by atoms with Crippen molar-refractivity contribution >= 4 is 20.2 Å². The second-order valence-electron chi connectivity index (χ2n) is 10.8. The van der Waals surface area contributed by atoms with Crippen molar-refractivity contribution in [3.63, 3.8) is 0 Å². The molecule has 0 saturated heterocycles. The number of hydrogen-bond donors (Lipinski definition) is 0. The average molecular weight is 560 g/mol. The first kappa shape index (κ1) is 25.1. The largest absolute Gasteiger partial charge is 0.0722 e. The van der Waals surface area contributed by atoms with Crippen molar-refractivity contribution in [2.75, 3.05) is 0 Å². The van der Waals surface area contributed by atoms with E-state index in [4.69, 9.17) is 0 Å². The SMILES string of the molecule is CC1=Cc2c(-c3ccccc3)cccc2C1[Si](C)(C)C1C(C)=Cc2c(-c3ccccc3)cccc21.[Zr]. The van der Waals surface area contributed by atoms with Crippen molar-refractivity contribution in [1.82, 2.24) is 0 Å². The molecule has 36 heavy (non-hydrogen) atoms. The van der Waals surface area contributed by atoms with E-state index in [0.29, 0.717) is 11.1 Å². The first-order valence-corrected chi connectivity index (χ1v) is 15.9. The van der Waals surface area contributed by atoms with Gasteiger partial charge in [-0.1, -0.05) is 133 Å². The van der Waals surface area contributed by atoms with Crippen LogP contribution in [0, 0.1) is 0 Å². The van der Waals surface area contributed by atoms with Crippen LogP contribution >= 0.6 is 0 Å². The zero-order chi connectivity index (χ0) is 24.2. The number of fused-ring (bicyclic) bond motifs is 2. The summed E-state index contributed by atoms with van der Waals surface area (Å²) in [6.45, 7) is 9.96. The van der Waals surface area contributed by atoms with Gasteiger partial charge in [-0.25, -0.2) is 0 Å². The fourth-order valence-electron chi connectivity index (χ4n) is 6.99. The van der Waals surface area contributed by atoms with Gasteiger partial charge in [0.25, 0.3) is 0 Å². The van der Waals surface area contributed by atoms with Crippen LogP contribution in [0.5, 0.6) is 0 Å². The van der Waals surface area contributed by atoms with Gasteiger partial charge < -0.3 is 0 Å². The van der Waals surface area contributed by atoms with Crippen LogP contribution in [0.4, 0.5) is 0 Å². The molecule has 2 aliphatic rings. The standard InChI is InChI=1S/C34H32Si.Zr/c1-23-21-31-27(25-13-7-5-8-14-25)17-11-19-29(31)33(23)35(3,4)34-24(2)22-32-28(18-12-20-30(32)34)26-15-9-6-10-16-26;/h5-22,33-34H,1-4H3;. The Bertz CT molecular complexity index is 1370. The van der Waals surface area contributed by atoms with Crippen molar-refractivity contribution < 1.29 is 26.2 Å². The zero-order valence-corrected chi connectivity index (χ0v) is 25.0. The molecule has 0 N–H and O–H groups in total. The summed E-state index contributed by atoms with van der Waals surface area (Å²) in [6, 6.07) is 35.6. The summed E-state index contributed by atoms with van der Waals surface area (Å²) in [6.07, 6.45) is 4.96. The Morgan fingerprint density at radius 2 is 0.889 bits per heavy atom. The van der Waals surface area contributed by atoms with Crippen LogP contribution in [0.2, 0.25) is 13.1 Å². The van der Waals surface area contributed by atoms with E-state index in [1.165, 1.54) is 55.7 Å². The van der Waals surface area contributed by atoms with Gasteiger partial charge in [-0.15, -0.1) is 0 Å². The third kappa shape index (κ3) is 4.00. The molecule has 2 atom stereocenters. The van der Waals surface area contributed by atoms with Crippen molar-refractivity contribution in [2.45, 2.75) is 38.0 Å². The van der Waals surface area contributed by atoms with Crippen LogP contribution in [0.3, 0.4) is 0 Å². The fraction of sp³-hybridized carbons (Fsp3) is 0.176. The van der Waals surface area contributed by atoms with E-state index in [9.17, 15) is 0 Å². The Morgan fingerprint density at radius 1 is 0.500 bits per heavy atom. The summed E-state index contributed by atoms with van der Waals surface area (Å²) in [5.41, 5.74) is 15.3. The first-order valence-electron chi connectivity index (χ1n) is 12.7. The maximum Gasteiger partial charge on any atom is 0.0722 e. The van der Waals surface area contributed by atoms with Gasteiger partial charge in [0, 0.05) is 37.3 Å². The third-order valence-electron chi connectivity index (χ3n) is 8.21. The quantitative estimate of drug-likeness (QED) is 0.218. The predicted molar refractivity (Wildman–Crippen MR) is 154 cm³/mol. The maximum atomic E-state index is 2.62. The molecule has 0 aliphatic heterocycles. The van der Waals surface area contributed by atoms with Crippen LogP contribution in [-0.2, 0) is 26.2 Å². The molecule has 4 aromatic rings. The Balaban J connectivity index is 0.00000267. The molecule has 0 saturated carbocycles. The summed E-state index contributed by atoms with van der Waals surface area (Å²) in [7, 11) is -1.85. The summed E-state index contributed by atoms with van der Waals surface area (Å²) in [5.74, 6) is 0. The van der Waals surface area contributed by atoms with Crippen molar-refractivity contribution in [1.29, 1.82) is 0 Å². The number of benzene rings is 4. The molecule has 2 aliphatic carbocycles. The molecule has 2 heteroatoms. The second kappa shape index (κ2) is 9.73. The molecule has 176 valence electrons. The van der Waals surface area contributed by atoms with Gasteiger partial charge in [-0.2, -0.15) is 0 Å². The van der Waals surface area contributed by atoms with E-state index < -0.39 is 8.07 Å². The van der Waals surface area contributed by atoms with E-state index in [0.717, 1.165) is 0 Å². The summed E-state index contributed by atoms with van der Waals surface area (Å²) < 4.78 is 0. The Labute approximate surface area is 235 Å². The van der Waals surface area contributed by atoms with Gasteiger partial charge in [-0.3, -0.25) is 0 Å². The number of allylic oxidation sites excluding steroid dienone is 2. The minimum absolute atomic E-state index is 0. The Morgan fingerprint density at radius 3 is 1.28 bits per heavy atom. The molecular weight excluding hydrogens is 528 g/mol. The molecule has 0 aromatic heterocycles. The van der Waals surface area contributed by atoms with E-state index in [1.54, 1.807) is 0 Å².